The molecule has 1 aromatic carbocycles. The maximum absolute atomic E-state index is 10.9. The van der Waals surface area contributed by atoms with Crippen LogP contribution in [0.2, 0.25) is 0 Å². The molecule has 0 unspecified atom stereocenters. The number of aliphatic hydroxyl groups is 1. The Kier molecular flexibility index (Phi) is 12.0. The Bertz CT molecular complexity index is 840. The van der Waals surface area contributed by atoms with Gasteiger partial charge in [0.15, 0.2) is 0 Å². The molecule has 3 heteroatoms. The van der Waals surface area contributed by atoms with Crippen molar-refractivity contribution in [2.75, 3.05) is 0 Å². The molecule has 0 saturated carbocycles. The summed E-state index contributed by atoms with van der Waals surface area (Å²) in [5.41, 5.74) is 6.36. The predicted molar refractivity (Wildman–Crippen MR) is 142 cm³/mol. The van der Waals surface area contributed by atoms with E-state index in [1.165, 1.54) is 16.7 Å². The molecule has 3 N–H and O–H groups in total. The third-order valence-corrected chi connectivity index (χ3v) is 7.08. The zero-order chi connectivity index (χ0) is 25.2. The van der Waals surface area contributed by atoms with Crippen molar-refractivity contribution in [2.45, 2.75) is 119 Å². The summed E-state index contributed by atoms with van der Waals surface area (Å²) in [6, 6.07) is 0. The van der Waals surface area contributed by atoms with Crippen molar-refractivity contribution >= 4 is 0 Å². The number of aromatic hydroxyl groups is 2. The highest BCUT2D eigenvalue weighted by Gasteiger charge is 2.23. The van der Waals surface area contributed by atoms with Gasteiger partial charge in [-0.15, -0.1) is 0 Å². The van der Waals surface area contributed by atoms with Gasteiger partial charge >= 0.3 is 0 Å². The lowest BCUT2D eigenvalue weighted by Gasteiger charge is -2.24. The van der Waals surface area contributed by atoms with E-state index in [1.807, 2.05) is 27.7 Å². The number of phenolic OH excluding ortho intramolecular Hbond substituents is 2. The van der Waals surface area contributed by atoms with Crippen molar-refractivity contribution in [2.24, 2.45) is 0 Å². The highest BCUT2D eigenvalue weighted by atomic mass is 16.3. The van der Waals surface area contributed by atoms with Crippen LogP contribution in [0, 0.1) is 20.8 Å². The molecule has 0 spiro atoms. The SMILES string of the molecule is CC/C(C)=C/CC/C(C)=C/CC/C(C)=C/CC[C@@](C)(O)CCc1c(C)c(O)c(C)c(C)c1O. The van der Waals surface area contributed by atoms with Crippen LogP contribution >= 0.6 is 0 Å². The Hall–Kier alpha value is -2.00. The second-order valence-electron chi connectivity index (χ2n) is 10.2. The average molecular weight is 457 g/mol. The summed E-state index contributed by atoms with van der Waals surface area (Å²) in [5.74, 6) is 0.490. The lowest BCUT2D eigenvalue weighted by Crippen LogP contribution is -2.24. The Morgan fingerprint density at radius 1 is 0.727 bits per heavy atom. The smallest absolute Gasteiger partial charge is 0.122 e. The molecule has 0 bridgehead atoms. The van der Waals surface area contributed by atoms with Gasteiger partial charge in [0.2, 0.25) is 0 Å². The number of hydrogen-bond donors (Lipinski definition) is 3. The van der Waals surface area contributed by atoms with Gasteiger partial charge < -0.3 is 15.3 Å². The van der Waals surface area contributed by atoms with Gasteiger partial charge in [-0.05, 0) is 123 Å². The average Bonchev–Trinajstić information content (AvgIpc) is 2.76. The highest BCUT2D eigenvalue weighted by molar-refractivity contribution is 5.56. The Morgan fingerprint density at radius 2 is 1.21 bits per heavy atom. The Labute approximate surface area is 203 Å². The second-order valence-corrected chi connectivity index (χ2v) is 10.2. The van der Waals surface area contributed by atoms with Crippen LogP contribution in [0.25, 0.3) is 0 Å². The van der Waals surface area contributed by atoms with Crippen molar-refractivity contribution in [3.63, 3.8) is 0 Å². The van der Waals surface area contributed by atoms with Crippen molar-refractivity contribution in [1.29, 1.82) is 0 Å². The zero-order valence-corrected chi connectivity index (χ0v) is 22.4. The minimum atomic E-state index is -0.815. The molecule has 0 aliphatic heterocycles. The van der Waals surface area contributed by atoms with Crippen molar-refractivity contribution < 1.29 is 15.3 Å². The van der Waals surface area contributed by atoms with Crippen molar-refractivity contribution in [1.82, 2.24) is 0 Å². The van der Waals surface area contributed by atoms with Crippen molar-refractivity contribution in [3.8, 4) is 11.5 Å². The summed E-state index contributed by atoms with van der Waals surface area (Å²) in [5, 5.41) is 31.7. The molecular formula is C30H48O3. The van der Waals surface area contributed by atoms with Crippen LogP contribution < -0.4 is 0 Å². The molecule has 0 fully saturated rings. The van der Waals surface area contributed by atoms with Gasteiger partial charge in [-0.2, -0.15) is 0 Å². The molecule has 1 rings (SSSR count). The largest absolute Gasteiger partial charge is 0.507 e. The van der Waals surface area contributed by atoms with Crippen LogP contribution in [0.1, 0.15) is 108 Å². The number of allylic oxidation sites excluding steroid dienone is 6. The van der Waals surface area contributed by atoms with Crippen LogP contribution in [0.3, 0.4) is 0 Å². The predicted octanol–water partition coefficient (Wildman–Crippen LogP) is 8.30. The van der Waals surface area contributed by atoms with Gasteiger partial charge in [0.05, 0.1) is 5.60 Å². The maximum atomic E-state index is 10.9. The van der Waals surface area contributed by atoms with E-state index in [0.29, 0.717) is 30.4 Å². The third-order valence-electron chi connectivity index (χ3n) is 7.08. The number of rotatable bonds is 13. The monoisotopic (exact) mass is 456 g/mol. The minimum Gasteiger partial charge on any atom is -0.507 e. The molecule has 0 aromatic heterocycles. The molecule has 0 amide bonds. The summed E-state index contributed by atoms with van der Waals surface area (Å²) in [7, 11) is 0. The van der Waals surface area contributed by atoms with E-state index >= 15 is 0 Å². The fraction of sp³-hybridized carbons (Fsp3) is 0.600. The molecule has 0 aliphatic rings. The van der Waals surface area contributed by atoms with Gasteiger partial charge in [0.25, 0.3) is 0 Å². The molecule has 3 nitrogen and oxygen atoms in total. The standard InChI is InChI=1S/C30H48O3/c1-9-21(2)13-10-14-22(3)15-11-16-23(4)17-12-19-30(8,33)20-18-27-26(7)28(31)24(5)25(6)29(27)32/h13,15,17,31-33H,9-12,14,16,18-20H2,1-8H3/b21-13+,22-15+,23-17+/t30-/m1/s1. The first-order valence-electron chi connectivity index (χ1n) is 12.6. The molecular weight excluding hydrogens is 408 g/mol. The van der Waals surface area contributed by atoms with Crippen LogP contribution in [0.5, 0.6) is 11.5 Å². The zero-order valence-electron chi connectivity index (χ0n) is 22.4. The third kappa shape index (κ3) is 9.80. The van der Waals surface area contributed by atoms with E-state index in [4.69, 9.17) is 0 Å². The van der Waals surface area contributed by atoms with Gasteiger partial charge in [0, 0.05) is 5.56 Å². The first kappa shape index (κ1) is 29.0. The number of hydrogen-bond acceptors (Lipinski definition) is 3. The number of phenols is 2. The van der Waals surface area contributed by atoms with Crippen LogP contribution in [-0.2, 0) is 6.42 Å². The lowest BCUT2D eigenvalue weighted by molar-refractivity contribution is 0.0431. The Morgan fingerprint density at radius 3 is 1.76 bits per heavy atom. The Balaban J connectivity index is 2.51. The van der Waals surface area contributed by atoms with Crippen LogP contribution in [0.4, 0.5) is 0 Å². The van der Waals surface area contributed by atoms with E-state index < -0.39 is 5.60 Å². The molecule has 0 radical (unpaired) electrons. The van der Waals surface area contributed by atoms with Crippen LogP contribution in [-0.4, -0.2) is 20.9 Å². The van der Waals surface area contributed by atoms with E-state index in [2.05, 4.69) is 45.9 Å². The van der Waals surface area contributed by atoms with E-state index in [-0.39, 0.29) is 11.5 Å². The second kappa shape index (κ2) is 13.6. The molecule has 0 saturated heterocycles. The quantitative estimate of drug-likeness (QED) is 0.207. The van der Waals surface area contributed by atoms with Crippen LogP contribution in [0.15, 0.2) is 34.9 Å². The number of benzene rings is 1. The first-order valence-corrected chi connectivity index (χ1v) is 12.6. The molecule has 0 heterocycles. The first-order chi connectivity index (χ1) is 15.4. The topological polar surface area (TPSA) is 60.7 Å². The van der Waals surface area contributed by atoms with Gasteiger partial charge in [-0.1, -0.05) is 41.9 Å². The fourth-order valence-corrected chi connectivity index (χ4v) is 4.08. The summed E-state index contributed by atoms with van der Waals surface area (Å²) < 4.78 is 0. The maximum Gasteiger partial charge on any atom is 0.122 e. The molecule has 186 valence electrons. The molecule has 1 atom stereocenters. The normalized spacial score (nSPS) is 15.1. The summed E-state index contributed by atoms with van der Waals surface area (Å²) in [4.78, 5) is 0. The van der Waals surface area contributed by atoms with Gasteiger partial charge in [-0.25, -0.2) is 0 Å². The van der Waals surface area contributed by atoms with Gasteiger partial charge in [-0.3, -0.25) is 0 Å². The highest BCUT2D eigenvalue weighted by Crippen LogP contribution is 2.37. The summed E-state index contributed by atoms with van der Waals surface area (Å²) in [6.45, 7) is 16.1. The minimum absolute atomic E-state index is 0.245. The van der Waals surface area contributed by atoms with Gasteiger partial charge in [0.1, 0.15) is 11.5 Å². The molecule has 33 heavy (non-hydrogen) atoms. The fourth-order valence-electron chi connectivity index (χ4n) is 4.08. The van der Waals surface area contributed by atoms with Crippen molar-refractivity contribution in [3.05, 3.63) is 57.2 Å². The van der Waals surface area contributed by atoms with E-state index in [0.717, 1.165) is 49.7 Å². The molecule has 0 aliphatic carbocycles. The van der Waals surface area contributed by atoms with E-state index in [9.17, 15) is 15.3 Å². The molecule has 1 aromatic rings. The van der Waals surface area contributed by atoms with E-state index in [1.54, 1.807) is 0 Å². The lowest BCUT2D eigenvalue weighted by atomic mass is 9.88. The summed E-state index contributed by atoms with van der Waals surface area (Å²) in [6.07, 6.45) is 15.1. The summed E-state index contributed by atoms with van der Waals surface area (Å²) >= 11 is 0.